The van der Waals surface area contributed by atoms with E-state index in [0.29, 0.717) is 43.3 Å². The van der Waals surface area contributed by atoms with Gasteiger partial charge in [0.05, 0.1) is 25.0 Å². The van der Waals surface area contributed by atoms with E-state index in [2.05, 4.69) is 44.5 Å². The maximum Gasteiger partial charge on any atom is 0.169 e. The second-order valence-electron chi connectivity index (χ2n) is 5.66. The van der Waals surface area contributed by atoms with Gasteiger partial charge < -0.3 is 21.0 Å². The van der Waals surface area contributed by atoms with Crippen LogP contribution < -0.4 is 16.1 Å². The van der Waals surface area contributed by atoms with Crippen molar-refractivity contribution in [3.8, 4) is 12.1 Å². The Morgan fingerprint density at radius 2 is 1.79 bits per heavy atom. The first-order chi connectivity index (χ1) is 11.7. The number of nitrogen functional groups attached to an aromatic ring is 1. The third-order valence-corrected chi connectivity index (χ3v) is 3.92. The average molecular weight is 329 g/mol. The van der Waals surface area contributed by atoms with Crippen molar-refractivity contribution in [1.82, 2.24) is 19.9 Å². The monoisotopic (exact) mass is 329 g/mol. The van der Waals surface area contributed by atoms with Crippen molar-refractivity contribution in [3.63, 3.8) is 0 Å². The number of anilines is 3. The Morgan fingerprint density at radius 1 is 1.17 bits per heavy atom. The highest BCUT2D eigenvalue weighted by atomic mass is 15.5. The van der Waals surface area contributed by atoms with E-state index in [1.165, 1.54) is 6.33 Å². The van der Waals surface area contributed by atoms with E-state index in [1.807, 2.05) is 4.90 Å². The summed E-state index contributed by atoms with van der Waals surface area (Å²) in [6.45, 7) is 4.66. The van der Waals surface area contributed by atoms with Gasteiger partial charge >= 0.3 is 0 Å². The fourth-order valence-corrected chi connectivity index (χ4v) is 2.49. The van der Waals surface area contributed by atoms with E-state index < -0.39 is 0 Å². The Hall–Kier alpha value is -2.62. The van der Waals surface area contributed by atoms with Gasteiger partial charge in [0.15, 0.2) is 11.6 Å². The zero-order valence-electron chi connectivity index (χ0n) is 13.9. The molecule has 1 aromatic heterocycles. The number of aromatic nitrogens is 2. The molecule has 1 aromatic rings. The lowest BCUT2D eigenvalue weighted by atomic mass is 10.3. The lowest BCUT2D eigenvalue weighted by Crippen LogP contribution is -2.47. The number of hydrazine groups is 1. The van der Waals surface area contributed by atoms with Crippen LogP contribution in [0.2, 0.25) is 0 Å². The van der Waals surface area contributed by atoms with Crippen LogP contribution in [0, 0.1) is 22.7 Å². The van der Waals surface area contributed by atoms with E-state index in [9.17, 15) is 0 Å². The topological polar surface area (TPSA) is 121 Å². The maximum atomic E-state index is 8.82. The summed E-state index contributed by atoms with van der Waals surface area (Å²) < 4.78 is 0. The van der Waals surface area contributed by atoms with Crippen molar-refractivity contribution in [1.29, 1.82) is 10.5 Å². The molecule has 0 radical (unpaired) electrons. The molecule has 3 N–H and O–H groups in total. The summed E-state index contributed by atoms with van der Waals surface area (Å²) in [7, 11) is 2.09. The summed E-state index contributed by atoms with van der Waals surface area (Å²) >= 11 is 0. The molecule has 9 heteroatoms. The number of piperazine rings is 1. The normalized spacial score (nSPS) is 15.5. The van der Waals surface area contributed by atoms with Crippen LogP contribution in [0.4, 0.5) is 17.3 Å². The van der Waals surface area contributed by atoms with Crippen LogP contribution in [-0.4, -0.2) is 66.2 Å². The third kappa shape index (κ3) is 4.69. The van der Waals surface area contributed by atoms with Crippen molar-refractivity contribution in [2.45, 2.75) is 12.8 Å². The number of nitrogens with zero attached hydrogens (tertiary/aromatic N) is 7. The number of hydrogen-bond acceptors (Lipinski definition) is 9. The minimum absolute atomic E-state index is 0.343. The Kier molecular flexibility index (Phi) is 6.55. The second kappa shape index (κ2) is 8.87. The molecule has 0 bridgehead atoms. The predicted molar refractivity (Wildman–Crippen MR) is 91.8 cm³/mol. The SMILES string of the molecule is CN1CCN(Nc2ncnc(N(CCC#N)CCC#N)c2N)CC1. The summed E-state index contributed by atoms with van der Waals surface area (Å²) in [5.74, 6) is 1.12. The van der Waals surface area contributed by atoms with E-state index >= 15 is 0 Å². The first-order valence-corrected chi connectivity index (χ1v) is 7.95. The van der Waals surface area contributed by atoms with Crippen molar-refractivity contribution < 1.29 is 0 Å². The molecule has 1 aliphatic rings. The molecule has 1 fully saturated rings. The molecule has 0 aromatic carbocycles. The molecule has 0 amide bonds. The largest absolute Gasteiger partial charge is 0.393 e. The quantitative estimate of drug-likeness (QED) is 0.725. The number of nitrogens with two attached hydrogens (primary N) is 1. The minimum atomic E-state index is 0.343. The minimum Gasteiger partial charge on any atom is -0.393 e. The molecule has 1 aliphatic heterocycles. The van der Waals surface area contributed by atoms with Crippen LogP contribution in [0.25, 0.3) is 0 Å². The lowest BCUT2D eigenvalue weighted by Gasteiger charge is -2.33. The van der Waals surface area contributed by atoms with E-state index in [0.717, 1.165) is 26.2 Å². The van der Waals surface area contributed by atoms with Gasteiger partial charge in [-0.25, -0.2) is 15.0 Å². The van der Waals surface area contributed by atoms with E-state index in [-0.39, 0.29) is 0 Å². The number of likely N-dealkylation sites (N-methyl/N-ethyl adjacent to an activating group) is 1. The first-order valence-electron chi connectivity index (χ1n) is 7.95. The molecular formula is C15H23N9. The molecule has 9 nitrogen and oxygen atoms in total. The molecule has 1 saturated heterocycles. The third-order valence-electron chi connectivity index (χ3n) is 3.92. The standard InChI is InChI=1S/C15H23N9/c1-22-8-10-24(11-9-22)21-14-13(18)15(20-12-19-14)23(6-2-4-16)7-3-5-17/h12H,2-3,6-11,18H2,1H3,(H,19,20,21). The smallest absolute Gasteiger partial charge is 0.169 e. The highest BCUT2D eigenvalue weighted by molar-refractivity contribution is 5.74. The van der Waals surface area contributed by atoms with Gasteiger partial charge in [0.2, 0.25) is 0 Å². The van der Waals surface area contributed by atoms with E-state index in [1.54, 1.807) is 0 Å². The number of rotatable bonds is 7. The summed E-state index contributed by atoms with van der Waals surface area (Å²) in [4.78, 5) is 12.6. The molecule has 0 spiro atoms. The molecule has 2 rings (SSSR count). The maximum absolute atomic E-state index is 8.82. The van der Waals surface area contributed by atoms with Crippen LogP contribution in [-0.2, 0) is 0 Å². The average Bonchev–Trinajstić information content (AvgIpc) is 2.59. The second-order valence-corrected chi connectivity index (χ2v) is 5.66. The predicted octanol–water partition coefficient (Wildman–Crippen LogP) is 0.267. The van der Waals surface area contributed by atoms with Gasteiger partial charge in [0.25, 0.3) is 0 Å². The van der Waals surface area contributed by atoms with E-state index in [4.69, 9.17) is 16.3 Å². The van der Waals surface area contributed by atoms with Crippen LogP contribution >= 0.6 is 0 Å². The molecule has 0 saturated carbocycles. The number of hydrogen-bond donors (Lipinski definition) is 2. The highest BCUT2D eigenvalue weighted by Gasteiger charge is 2.18. The molecule has 128 valence electrons. The molecule has 0 aliphatic carbocycles. The summed E-state index contributed by atoms with van der Waals surface area (Å²) in [5, 5.41) is 19.7. The molecule has 0 atom stereocenters. The van der Waals surface area contributed by atoms with Crippen molar-refractivity contribution in [2.75, 3.05) is 62.4 Å². The summed E-state index contributed by atoms with van der Waals surface area (Å²) in [5.41, 5.74) is 9.93. The van der Waals surface area contributed by atoms with Gasteiger partial charge in [-0.1, -0.05) is 0 Å². The van der Waals surface area contributed by atoms with Gasteiger partial charge in [-0.2, -0.15) is 10.5 Å². The number of nitriles is 2. The van der Waals surface area contributed by atoms with Crippen LogP contribution in [0.15, 0.2) is 6.33 Å². The van der Waals surface area contributed by atoms with Crippen LogP contribution in [0.5, 0.6) is 0 Å². The molecule has 24 heavy (non-hydrogen) atoms. The zero-order chi connectivity index (χ0) is 17.4. The zero-order valence-corrected chi connectivity index (χ0v) is 13.9. The van der Waals surface area contributed by atoms with Gasteiger partial charge in [0.1, 0.15) is 12.0 Å². The van der Waals surface area contributed by atoms with Crippen molar-refractivity contribution >= 4 is 17.3 Å². The van der Waals surface area contributed by atoms with Crippen molar-refractivity contribution in [3.05, 3.63) is 6.33 Å². The van der Waals surface area contributed by atoms with Crippen LogP contribution in [0.1, 0.15) is 12.8 Å². The summed E-state index contributed by atoms with van der Waals surface area (Å²) in [6, 6.07) is 4.22. The summed E-state index contributed by atoms with van der Waals surface area (Å²) in [6.07, 6.45) is 2.14. The van der Waals surface area contributed by atoms with Gasteiger partial charge in [0, 0.05) is 39.3 Å². The highest BCUT2D eigenvalue weighted by Crippen LogP contribution is 2.26. The first kappa shape index (κ1) is 17.7. The van der Waals surface area contributed by atoms with Gasteiger partial charge in [-0.3, -0.25) is 0 Å². The van der Waals surface area contributed by atoms with Crippen LogP contribution in [0.3, 0.4) is 0 Å². The number of nitrogens with one attached hydrogen (secondary N) is 1. The Labute approximate surface area is 142 Å². The Morgan fingerprint density at radius 3 is 2.38 bits per heavy atom. The Balaban J connectivity index is 2.12. The van der Waals surface area contributed by atoms with Crippen molar-refractivity contribution in [2.24, 2.45) is 0 Å². The van der Waals surface area contributed by atoms with Gasteiger partial charge in [-0.05, 0) is 7.05 Å². The Bertz CT molecular complexity index is 592. The fraction of sp³-hybridized carbons (Fsp3) is 0.600. The molecular weight excluding hydrogens is 306 g/mol. The molecule has 0 unspecified atom stereocenters. The van der Waals surface area contributed by atoms with Gasteiger partial charge in [-0.15, -0.1) is 0 Å². The lowest BCUT2D eigenvalue weighted by molar-refractivity contribution is 0.178. The molecule has 2 heterocycles. The fourth-order valence-electron chi connectivity index (χ4n) is 2.49.